The van der Waals surface area contributed by atoms with Crippen molar-refractivity contribution in [1.29, 1.82) is 0 Å². The van der Waals surface area contributed by atoms with Gasteiger partial charge in [-0.2, -0.15) is 0 Å². The fourth-order valence-electron chi connectivity index (χ4n) is 4.08. The van der Waals surface area contributed by atoms with E-state index in [1.165, 1.54) is 0 Å². The fourth-order valence-corrected chi connectivity index (χ4v) is 4.25. The molecular weight excluding hydrogens is 362 g/mol. The van der Waals surface area contributed by atoms with Gasteiger partial charge in [-0.25, -0.2) is 0 Å². The van der Waals surface area contributed by atoms with Crippen LogP contribution in [0.1, 0.15) is 36.2 Å². The Labute approximate surface area is 163 Å². The summed E-state index contributed by atoms with van der Waals surface area (Å²) >= 11 is 6.20. The average Bonchev–Trinajstić information content (AvgIpc) is 3.07. The number of nitrogens with two attached hydrogens (primary N) is 1. The quantitative estimate of drug-likeness (QED) is 0.814. The first-order chi connectivity index (χ1) is 13.1. The third kappa shape index (κ3) is 3.62. The van der Waals surface area contributed by atoms with E-state index in [4.69, 9.17) is 22.1 Å². The molecule has 5 nitrogen and oxygen atoms in total. The van der Waals surface area contributed by atoms with Crippen molar-refractivity contribution < 1.29 is 9.53 Å². The number of carbonyl (C=O) groups excluding carboxylic acids is 1. The number of primary amides is 1. The molecule has 2 aliphatic rings. The van der Waals surface area contributed by atoms with Crippen LogP contribution >= 0.6 is 11.6 Å². The number of nitrogens with one attached hydrogen (secondary N) is 1. The Balaban J connectivity index is 1.62. The number of amides is 1. The second-order valence-corrected chi connectivity index (χ2v) is 7.71. The summed E-state index contributed by atoms with van der Waals surface area (Å²) in [5.74, 6) is -0.453. The highest BCUT2D eigenvalue weighted by molar-refractivity contribution is 6.31. The topological polar surface area (TPSA) is 71.4 Å². The summed E-state index contributed by atoms with van der Waals surface area (Å²) < 4.78 is 6.29. The third-order valence-electron chi connectivity index (χ3n) is 5.54. The van der Waals surface area contributed by atoms with E-state index in [0.717, 1.165) is 62.0 Å². The number of ether oxygens (including phenoxy) is 1. The average molecular weight is 386 g/mol. The second-order valence-electron chi connectivity index (χ2n) is 7.27. The summed E-state index contributed by atoms with van der Waals surface area (Å²) in [5.41, 5.74) is 7.69. The molecule has 1 amide bonds. The molecule has 142 valence electrons. The maximum absolute atomic E-state index is 12.0. The number of halogens is 1. The van der Waals surface area contributed by atoms with Gasteiger partial charge >= 0.3 is 0 Å². The molecule has 4 rings (SSSR count). The lowest BCUT2D eigenvalue weighted by molar-refractivity contribution is -0.0575. The van der Waals surface area contributed by atoms with Gasteiger partial charge in [0.15, 0.2) is 0 Å². The Kier molecular flexibility index (Phi) is 4.98. The van der Waals surface area contributed by atoms with E-state index in [9.17, 15) is 4.79 Å². The number of piperidine rings is 1. The summed E-state index contributed by atoms with van der Waals surface area (Å²) in [6.07, 6.45) is 12.2. The molecule has 1 fully saturated rings. The SMILES string of the molecule is NC(=O)c1[nH]c2ccc(Cl)cc2c1N1CCC2(C/C=C\C=C/CCO2)CC1. The molecule has 1 aromatic carbocycles. The number of benzene rings is 1. The summed E-state index contributed by atoms with van der Waals surface area (Å²) in [7, 11) is 0. The largest absolute Gasteiger partial charge is 0.374 e. The summed E-state index contributed by atoms with van der Waals surface area (Å²) in [6.45, 7) is 2.36. The lowest BCUT2D eigenvalue weighted by Gasteiger charge is -2.42. The normalized spacial score (nSPS) is 22.2. The van der Waals surface area contributed by atoms with Crippen LogP contribution in [0.4, 0.5) is 5.69 Å². The van der Waals surface area contributed by atoms with Gasteiger partial charge in [0, 0.05) is 29.0 Å². The zero-order valence-electron chi connectivity index (χ0n) is 15.2. The molecule has 0 atom stereocenters. The Morgan fingerprint density at radius 3 is 2.78 bits per heavy atom. The molecule has 6 heteroatoms. The van der Waals surface area contributed by atoms with Gasteiger partial charge in [0.1, 0.15) is 5.69 Å². The predicted molar refractivity (Wildman–Crippen MR) is 109 cm³/mol. The Morgan fingerprint density at radius 2 is 2.00 bits per heavy atom. The maximum atomic E-state index is 12.0. The number of rotatable bonds is 2. The Bertz CT molecular complexity index is 908. The number of carbonyl (C=O) groups is 1. The number of aromatic amines is 1. The number of hydrogen-bond acceptors (Lipinski definition) is 3. The molecular formula is C21H24ClN3O2. The standard InChI is InChI=1S/C21H24ClN3O2/c22-15-6-7-17-16(14-15)19(18(24-17)20(23)26)25-11-9-21(10-12-25)8-4-2-1-3-5-13-27-21/h1-4,6-7,14,24H,5,8-13H2,(H2,23,26)/b3-1-,4-2-. The number of hydrogen-bond donors (Lipinski definition) is 2. The Morgan fingerprint density at radius 1 is 1.22 bits per heavy atom. The van der Waals surface area contributed by atoms with E-state index in [2.05, 4.69) is 34.2 Å². The van der Waals surface area contributed by atoms with Gasteiger partial charge < -0.3 is 20.4 Å². The van der Waals surface area contributed by atoms with Crippen molar-refractivity contribution in [1.82, 2.24) is 4.98 Å². The zero-order valence-corrected chi connectivity index (χ0v) is 16.0. The number of nitrogens with zero attached hydrogens (tertiary/aromatic N) is 1. The van der Waals surface area contributed by atoms with Crippen molar-refractivity contribution in [3.63, 3.8) is 0 Å². The van der Waals surface area contributed by atoms with Crippen LogP contribution in [0.25, 0.3) is 10.9 Å². The third-order valence-corrected chi connectivity index (χ3v) is 5.77. The zero-order chi connectivity index (χ0) is 18.9. The van der Waals surface area contributed by atoms with E-state index in [1.807, 2.05) is 18.2 Å². The van der Waals surface area contributed by atoms with Gasteiger partial charge in [0.2, 0.25) is 0 Å². The van der Waals surface area contributed by atoms with Gasteiger partial charge in [-0.1, -0.05) is 35.9 Å². The fraction of sp³-hybridized carbons (Fsp3) is 0.381. The smallest absolute Gasteiger partial charge is 0.267 e. The first kappa shape index (κ1) is 18.1. The highest BCUT2D eigenvalue weighted by atomic mass is 35.5. The molecule has 0 bridgehead atoms. The van der Waals surface area contributed by atoms with Crippen molar-refractivity contribution in [3.8, 4) is 0 Å². The van der Waals surface area contributed by atoms with Crippen molar-refractivity contribution in [2.24, 2.45) is 5.73 Å². The van der Waals surface area contributed by atoms with Gasteiger partial charge in [0.25, 0.3) is 5.91 Å². The predicted octanol–water partition coefficient (Wildman–Crippen LogP) is 4.18. The van der Waals surface area contributed by atoms with E-state index >= 15 is 0 Å². The minimum Gasteiger partial charge on any atom is -0.374 e. The maximum Gasteiger partial charge on any atom is 0.267 e. The summed E-state index contributed by atoms with van der Waals surface area (Å²) in [4.78, 5) is 17.4. The lowest BCUT2D eigenvalue weighted by atomic mass is 9.87. The minimum atomic E-state index is -0.453. The molecule has 0 unspecified atom stereocenters. The van der Waals surface area contributed by atoms with Crippen LogP contribution in [-0.4, -0.2) is 36.2 Å². The van der Waals surface area contributed by atoms with Crippen LogP contribution in [0, 0.1) is 0 Å². The molecule has 0 saturated carbocycles. The first-order valence-corrected chi connectivity index (χ1v) is 9.77. The van der Waals surface area contributed by atoms with Crippen LogP contribution in [0.15, 0.2) is 42.5 Å². The Hall–Kier alpha value is -2.24. The van der Waals surface area contributed by atoms with Crippen LogP contribution in [0.2, 0.25) is 5.02 Å². The van der Waals surface area contributed by atoms with Crippen molar-refractivity contribution in [2.45, 2.75) is 31.3 Å². The number of allylic oxidation sites excluding steroid dienone is 2. The van der Waals surface area contributed by atoms with Crippen LogP contribution in [-0.2, 0) is 4.74 Å². The molecule has 27 heavy (non-hydrogen) atoms. The lowest BCUT2D eigenvalue weighted by Crippen LogP contribution is -2.46. The summed E-state index contributed by atoms with van der Waals surface area (Å²) in [6, 6.07) is 5.59. The van der Waals surface area contributed by atoms with Crippen molar-refractivity contribution >= 4 is 34.1 Å². The van der Waals surface area contributed by atoms with E-state index < -0.39 is 5.91 Å². The van der Waals surface area contributed by atoms with Crippen LogP contribution in [0.5, 0.6) is 0 Å². The first-order valence-electron chi connectivity index (χ1n) is 9.40. The molecule has 2 aromatic rings. The van der Waals surface area contributed by atoms with E-state index in [-0.39, 0.29) is 5.60 Å². The summed E-state index contributed by atoms with van der Waals surface area (Å²) in [5, 5.41) is 1.58. The molecule has 2 aliphatic heterocycles. The van der Waals surface area contributed by atoms with Crippen molar-refractivity contribution in [2.75, 3.05) is 24.6 Å². The van der Waals surface area contributed by atoms with E-state index in [1.54, 1.807) is 0 Å². The van der Waals surface area contributed by atoms with Crippen LogP contribution in [0.3, 0.4) is 0 Å². The van der Waals surface area contributed by atoms with Crippen LogP contribution < -0.4 is 10.6 Å². The molecule has 3 heterocycles. The second kappa shape index (κ2) is 7.41. The number of H-pyrrole nitrogens is 1. The number of aromatic nitrogens is 1. The molecule has 0 aliphatic carbocycles. The minimum absolute atomic E-state index is 0.129. The molecule has 3 N–H and O–H groups in total. The number of fused-ring (bicyclic) bond motifs is 1. The van der Waals surface area contributed by atoms with Gasteiger partial charge in [0.05, 0.1) is 17.9 Å². The van der Waals surface area contributed by atoms with Crippen molar-refractivity contribution in [3.05, 3.63) is 53.2 Å². The van der Waals surface area contributed by atoms with Gasteiger partial charge in [-0.05, 0) is 43.9 Å². The molecule has 1 spiro atoms. The molecule has 1 aromatic heterocycles. The highest BCUT2D eigenvalue weighted by Crippen LogP contribution is 2.38. The molecule has 1 saturated heterocycles. The van der Waals surface area contributed by atoms with Gasteiger partial charge in [-0.15, -0.1) is 0 Å². The van der Waals surface area contributed by atoms with Gasteiger partial charge in [-0.3, -0.25) is 4.79 Å². The highest BCUT2D eigenvalue weighted by Gasteiger charge is 2.36. The number of anilines is 1. The van der Waals surface area contributed by atoms with E-state index in [0.29, 0.717) is 10.7 Å². The molecule has 0 radical (unpaired) electrons. The monoisotopic (exact) mass is 385 g/mol.